The second-order valence-electron chi connectivity index (χ2n) is 6.51. The van der Waals surface area contributed by atoms with Crippen LogP contribution in [0.15, 0.2) is 34.7 Å². The molecule has 2 bridgehead atoms. The Morgan fingerprint density at radius 2 is 1.91 bits per heavy atom. The molecule has 0 radical (unpaired) electrons. The predicted octanol–water partition coefficient (Wildman–Crippen LogP) is 3.51. The number of halogens is 1. The number of primary amides is 1. The van der Waals surface area contributed by atoms with Crippen molar-refractivity contribution in [2.45, 2.75) is 18.8 Å². The standard InChI is InChI=1S/C18H19ClN2O2/c19-13-3-1-12(2-4-13)16-9-14(17(23-16)18(20)22)15-10-21-7-5-11(15)6-8-21/h1-4,9,11,15H,5-8,10H2,(H2,20,22). The van der Waals surface area contributed by atoms with E-state index in [9.17, 15) is 4.79 Å². The van der Waals surface area contributed by atoms with Crippen molar-refractivity contribution in [1.82, 2.24) is 4.90 Å². The monoisotopic (exact) mass is 330 g/mol. The highest BCUT2D eigenvalue weighted by molar-refractivity contribution is 6.30. The van der Waals surface area contributed by atoms with E-state index in [-0.39, 0.29) is 0 Å². The van der Waals surface area contributed by atoms with Crippen LogP contribution in [0.4, 0.5) is 0 Å². The van der Waals surface area contributed by atoms with Gasteiger partial charge in [-0.2, -0.15) is 0 Å². The van der Waals surface area contributed by atoms with Gasteiger partial charge in [-0.25, -0.2) is 0 Å². The molecule has 0 spiro atoms. The summed E-state index contributed by atoms with van der Waals surface area (Å²) in [5, 5.41) is 0.674. The highest BCUT2D eigenvalue weighted by atomic mass is 35.5. The van der Waals surface area contributed by atoms with Crippen molar-refractivity contribution in [3.05, 3.63) is 46.7 Å². The van der Waals surface area contributed by atoms with E-state index in [0.717, 1.165) is 30.8 Å². The molecule has 1 amide bonds. The number of fused-ring (bicyclic) bond motifs is 3. The number of nitrogens with two attached hydrogens (primary N) is 1. The summed E-state index contributed by atoms with van der Waals surface area (Å²) in [5.41, 5.74) is 7.44. The Labute approximate surface area is 140 Å². The molecule has 3 aliphatic heterocycles. The molecule has 1 atom stereocenters. The number of carbonyl (C=O) groups is 1. The highest BCUT2D eigenvalue weighted by Gasteiger charge is 2.38. The quantitative estimate of drug-likeness (QED) is 0.936. The number of furan rings is 1. The zero-order valence-electron chi connectivity index (χ0n) is 12.8. The Bertz CT molecular complexity index is 730. The molecule has 1 unspecified atom stereocenters. The SMILES string of the molecule is NC(=O)c1oc(-c2ccc(Cl)cc2)cc1C1CN2CCC1CC2. The number of carbonyl (C=O) groups excluding carboxylic acids is 1. The molecule has 2 aromatic rings. The van der Waals surface area contributed by atoms with Gasteiger partial charge in [0, 0.05) is 28.6 Å². The highest BCUT2D eigenvalue weighted by Crippen LogP contribution is 2.42. The maximum atomic E-state index is 11.9. The zero-order valence-corrected chi connectivity index (χ0v) is 13.6. The number of hydrogen-bond acceptors (Lipinski definition) is 3. The van der Waals surface area contributed by atoms with Gasteiger partial charge in [-0.15, -0.1) is 0 Å². The van der Waals surface area contributed by atoms with Crippen molar-refractivity contribution in [2.75, 3.05) is 19.6 Å². The first kappa shape index (κ1) is 14.8. The van der Waals surface area contributed by atoms with Crippen LogP contribution in [0.3, 0.4) is 0 Å². The molecule has 1 aromatic heterocycles. The van der Waals surface area contributed by atoms with Gasteiger partial charge in [0.1, 0.15) is 5.76 Å². The lowest BCUT2D eigenvalue weighted by molar-refractivity contribution is 0.0845. The van der Waals surface area contributed by atoms with Crippen molar-refractivity contribution < 1.29 is 9.21 Å². The molecule has 120 valence electrons. The van der Waals surface area contributed by atoms with Crippen LogP contribution < -0.4 is 5.73 Å². The lowest BCUT2D eigenvalue weighted by Gasteiger charge is -2.44. The Morgan fingerprint density at radius 1 is 1.22 bits per heavy atom. The number of piperidine rings is 3. The van der Waals surface area contributed by atoms with Crippen LogP contribution in [0.1, 0.15) is 34.9 Å². The first-order valence-electron chi connectivity index (χ1n) is 8.03. The molecule has 5 heteroatoms. The number of hydrogen-bond donors (Lipinski definition) is 1. The van der Waals surface area contributed by atoms with Gasteiger partial charge in [0.2, 0.25) is 0 Å². The smallest absolute Gasteiger partial charge is 0.284 e. The molecule has 3 aliphatic rings. The fourth-order valence-electron chi connectivity index (χ4n) is 3.95. The fraction of sp³-hybridized carbons (Fsp3) is 0.389. The largest absolute Gasteiger partial charge is 0.451 e. The predicted molar refractivity (Wildman–Crippen MR) is 89.6 cm³/mol. The maximum Gasteiger partial charge on any atom is 0.284 e. The van der Waals surface area contributed by atoms with E-state index in [1.165, 1.54) is 12.8 Å². The summed E-state index contributed by atoms with van der Waals surface area (Å²) >= 11 is 5.94. The summed E-state index contributed by atoms with van der Waals surface area (Å²) in [6, 6.07) is 9.42. The van der Waals surface area contributed by atoms with E-state index in [4.69, 9.17) is 21.8 Å². The number of benzene rings is 1. The molecular formula is C18H19ClN2O2. The molecule has 0 aliphatic carbocycles. The van der Waals surface area contributed by atoms with Crippen LogP contribution in [-0.4, -0.2) is 30.4 Å². The molecule has 2 N–H and O–H groups in total. The molecule has 0 saturated carbocycles. The zero-order chi connectivity index (χ0) is 16.0. The van der Waals surface area contributed by atoms with Gasteiger partial charge in [-0.3, -0.25) is 4.79 Å². The second kappa shape index (κ2) is 5.69. The number of rotatable bonds is 3. The average molecular weight is 331 g/mol. The normalized spacial score (nSPS) is 26.4. The topological polar surface area (TPSA) is 59.5 Å². The first-order valence-corrected chi connectivity index (χ1v) is 8.41. The lowest BCUT2D eigenvalue weighted by atomic mass is 9.75. The Kier molecular flexibility index (Phi) is 3.66. The summed E-state index contributed by atoms with van der Waals surface area (Å²) in [7, 11) is 0. The molecule has 23 heavy (non-hydrogen) atoms. The minimum absolute atomic E-state index is 0.314. The molecule has 4 nitrogen and oxygen atoms in total. The third kappa shape index (κ3) is 2.66. The third-order valence-corrected chi connectivity index (χ3v) is 5.42. The Hall–Kier alpha value is -1.78. The van der Waals surface area contributed by atoms with Crippen LogP contribution in [-0.2, 0) is 0 Å². The van der Waals surface area contributed by atoms with Gasteiger partial charge in [0.15, 0.2) is 5.76 Å². The second-order valence-corrected chi connectivity index (χ2v) is 6.95. The average Bonchev–Trinajstić information content (AvgIpc) is 3.02. The van der Waals surface area contributed by atoms with Gasteiger partial charge in [0.05, 0.1) is 0 Å². The van der Waals surface area contributed by atoms with E-state index in [1.54, 1.807) is 0 Å². The third-order valence-electron chi connectivity index (χ3n) is 5.17. The Balaban J connectivity index is 1.74. The van der Waals surface area contributed by atoms with E-state index in [1.807, 2.05) is 30.3 Å². The number of amides is 1. The molecule has 3 fully saturated rings. The van der Waals surface area contributed by atoms with Crippen LogP contribution in [0.2, 0.25) is 5.02 Å². The van der Waals surface area contributed by atoms with Crippen LogP contribution in [0, 0.1) is 5.92 Å². The van der Waals surface area contributed by atoms with Crippen molar-refractivity contribution in [2.24, 2.45) is 11.7 Å². The maximum absolute atomic E-state index is 11.9. The van der Waals surface area contributed by atoms with Crippen molar-refractivity contribution in [1.29, 1.82) is 0 Å². The van der Waals surface area contributed by atoms with Gasteiger partial charge < -0.3 is 15.1 Å². The van der Waals surface area contributed by atoms with Crippen molar-refractivity contribution in [3.8, 4) is 11.3 Å². The summed E-state index contributed by atoms with van der Waals surface area (Å²) in [5.74, 6) is 1.46. The summed E-state index contributed by atoms with van der Waals surface area (Å²) < 4.78 is 5.83. The van der Waals surface area contributed by atoms with E-state index >= 15 is 0 Å². The first-order chi connectivity index (χ1) is 11.1. The van der Waals surface area contributed by atoms with Crippen LogP contribution >= 0.6 is 11.6 Å². The van der Waals surface area contributed by atoms with E-state index < -0.39 is 5.91 Å². The van der Waals surface area contributed by atoms with Gasteiger partial charge in [0.25, 0.3) is 5.91 Å². The minimum atomic E-state index is -0.489. The van der Waals surface area contributed by atoms with Crippen molar-refractivity contribution >= 4 is 17.5 Å². The van der Waals surface area contributed by atoms with E-state index in [0.29, 0.717) is 28.4 Å². The van der Waals surface area contributed by atoms with Crippen LogP contribution in [0.25, 0.3) is 11.3 Å². The molecule has 5 rings (SSSR count). The molecular weight excluding hydrogens is 312 g/mol. The lowest BCUT2D eigenvalue weighted by Crippen LogP contribution is -2.46. The fourth-order valence-corrected chi connectivity index (χ4v) is 4.07. The van der Waals surface area contributed by atoms with Crippen LogP contribution in [0.5, 0.6) is 0 Å². The summed E-state index contributed by atoms with van der Waals surface area (Å²) in [6.45, 7) is 3.31. The van der Waals surface area contributed by atoms with Gasteiger partial charge >= 0.3 is 0 Å². The van der Waals surface area contributed by atoms with Gasteiger partial charge in [-0.1, -0.05) is 11.6 Å². The minimum Gasteiger partial charge on any atom is -0.451 e. The Morgan fingerprint density at radius 3 is 2.48 bits per heavy atom. The summed E-state index contributed by atoms with van der Waals surface area (Å²) in [4.78, 5) is 14.3. The van der Waals surface area contributed by atoms with E-state index in [2.05, 4.69) is 4.90 Å². The van der Waals surface area contributed by atoms with Crippen molar-refractivity contribution in [3.63, 3.8) is 0 Å². The summed E-state index contributed by atoms with van der Waals surface area (Å²) in [6.07, 6.45) is 2.37. The molecule has 1 aromatic carbocycles. The van der Waals surface area contributed by atoms with Gasteiger partial charge in [-0.05, 0) is 62.2 Å². The number of nitrogens with zero attached hydrogens (tertiary/aromatic N) is 1. The molecule has 4 heterocycles. The molecule has 3 saturated heterocycles.